The quantitative estimate of drug-likeness (QED) is 0.857. The van der Waals surface area contributed by atoms with Crippen LogP contribution in [0, 0.1) is 5.92 Å². The maximum atomic E-state index is 12.9. The van der Waals surface area contributed by atoms with Gasteiger partial charge in [0, 0.05) is 38.9 Å². The molecule has 3 saturated heterocycles. The molecular formula is C18H33N3O2. The Balaban J connectivity index is 1.56. The molecule has 0 aromatic carbocycles. The number of carbonyl (C=O) groups is 1. The van der Waals surface area contributed by atoms with E-state index in [2.05, 4.69) is 11.8 Å². The van der Waals surface area contributed by atoms with E-state index in [0.717, 1.165) is 26.1 Å². The zero-order valence-electron chi connectivity index (χ0n) is 14.6. The highest BCUT2D eigenvalue weighted by Crippen LogP contribution is 2.26. The molecular weight excluding hydrogens is 290 g/mol. The summed E-state index contributed by atoms with van der Waals surface area (Å²) >= 11 is 0. The maximum absolute atomic E-state index is 12.9. The standard InChI is InChI=1S/C18H33N3O2/c1-15-5-2-3-9-20(15)13-16-6-4-10-21(14-16)17(22)18(19)7-11-23-12-8-18/h15-16H,2-14,19H2,1H3. The van der Waals surface area contributed by atoms with Crippen molar-refractivity contribution >= 4 is 5.91 Å². The van der Waals surface area contributed by atoms with Crippen LogP contribution in [0.2, 0.25) is 0 Å². The van der Waals surface area contributed by atoms with Crippen LogP contribution < -0.4 is 5.73 Å². The Morgan fingerprint density at radius 2 is 1.96 bits per heavy atom. The van der Waals surface area contributed by atoms with Crippen molar-refractivity contribution < 1.29 is 9.53 Å². The summed E-state index contributed by atoms with van der Waals surface area (Å²) in [6, 6.07) is 0.700. The van der Waals surface area contributed by atoms with Gasteiger partial charge in [-0.05, 0) is 57.9 Å². The van der Waals surface area contributed by atoms with Gasteiger partial charge in [-0.1, -0.05) is 6.42 Å². The first-order valence-electron chi connectivity index (χ1n) is 9.48. The second kappa shape index (κ2) is 7.49. The summed E-state index contributed by atoms with van der Waals surface area (Å²) < 4.78 is 5.38. The largest absolute Gasteiger partial charge is 0.381 e. The number of likely N-dealkylation sites (tertiary alicyclic amines) is 2. The molecule has 2 atom stereocenters. The van der Waals surface area contributed by atoms with Gasteiger partial charge in [-0.25, -0.2) is 0 Å². The summed E-state index contributed by atoms with van der Waals surface area (Å²) in [5.74, 6) is 0.772. The molecule has 1 amide bonds. The first-order chi connectivity index (χ1) is 11.1. The first kappa shape index (κ1) is 17.2. The van der Waals surface area contributed by atoms with Crippen LogP contribution in [0.25, 0.3) is 0 Å². The normalized spacial score (nSPS) is 32.7. The van der Waals surface area contributed by atoms with Crippen LogP contribution in [-0.2, 0) is 9.53 Å². The van der Waals surface area contributed by atoms with Gasteiger partial charge in [0.1, 0.15) is 0 Å². The van der Waals surface area contributed by atoms with Crippen molar-refractivity contribution in [2.24, 2.45) is 11.7 Å². The minimum atomic E-state index is -0.682. The molecule has 23 heavy (non-hydrogen) atoms. The molecule has 0 aromatic rings. The predicted molar refractivity (Wildman–Crippen MR) is 91.2 cm³/mol. The van der Waals surface area contributed by atoms with Crippen molar-refractivity contribution in [3.63, 3.8) is 0 Å². The summed E-state index contributed by atoms with van der Waals surface area (Å²) in [5, 5.41) is 0. The van der Waals surface area contributed by atoms with Gasteiger partial charge >= 0.3 is 0 Å². The fraction of sp³-hybridized carbons (Fsp3) is 0.944. The van der Waals surface area contributed by atoms with Crippen LogP contribution >= 0.6 is 0 Å². The number of carbonyl (C=O) groups excluding carboxylic acids is 1. The average molecular weight is 323 g/mol. The smallest absolute Gasteiger partial charge is 0.242 e. The molecule has 3 aliphatic rings. The lowest BCUT2D eigenvalue weighted by atomic mass is 9.87. The van der Waals surface area contributed by atoms with Crippen LogP contribution in [0.4, 0.5) is 0 Å². The van der Waals surface area contributed by atoms with Crippen LogP contribution in [0.15, 0.2) is 0 Å². The molecule has 0 radical (unpaired) electrons. The Morgan fingerprint density at radius 1 is 1.17 bits per heavy atom. The summed E-state index contributed by atoms with van der Waals surface area (Å²) in [4.78, 5) is 17.6. The van der Waals surface area contributed by atoms with Crippen molar-refractivity contribution in [3.8, 4) is 0 Å². The molecule has 3 heterocycles. The number of nitrogens with zero attached hydrogens (tertiary/aromatic N) is 2. The lowest BCUT2D eigenvalue weighted by Gasteiger charge is -2.42. The molecule has 3 aliphatic heterocycles. The molecule has 2 unspecified atom stereocenters. The maximum Gasteiger partial charge on any atom is 0.242 e. The van der Waals surface area contributed by atoms with Crippen molar-refractivity contribution in [2.75, 3.05) is 39.4 Å². The predicted octanol–water partition coefficient (Wildman–Crippen LogP) is 1.61. The molecule has 0 aromatic heterocycles. The van der Waals surface area contributed by atoms with Gasteiger partial charge in [-0.15, -0.1) is 0 Å². The topological polar surface area (TPSA) is 58.8 Å². The Bertz CT molecular complexity index is 409. The highest BCUT2D eigenvalue weighted by Gasteiger charge is 2.40. The van der Waals surface area contributed by atoms with Crippen LogP contribution in [0.1, 0.15) is 51.9 Å². The second-order valence-electron chi connectivity index (χ2n) is 7.87. The molecule has 0 spiro atoms. The highest BCUT2D eigenvalue weighted by atomic mass is 16.5. The number of ether oxygens (including phenoxy) is 1. The SMILES string of the molecule is CC1CCCCN1CC1CCCN(C(=O)C2(N)CCOCC2)C1. The third kappa shape index (κ3) is 4.06. The zero-order chi connectivity index (χ0) is 16.3. The Labute approximate surface area is 140 Å². The fourth-order valence-electron chi connectivity index (χ4n) is 4.42. The van der Waals surface area contributed by atoms with Gasteiger partial charge < -0.3 is 20.3 Å². The van der Waals surface area contributed by atoms with E-state index in [1.807, 2.05) is 4.90 Å². The molecule has 0 bridgehead atoms. The minimum Gasteiger partial charge on any atom is -0.381 e. The number of amides is 1. The van der Waals surface area contributed by atoms with E-state index < -0.39 is 5.54 Å². The van der Waals surface area contributed by atoms with Gasteiger partial charge in [0.25, 0.3) is 0 Å². The van der Waals surface area contributed by atoms with E-state index in [0.29, 0.717) is 38.0 Å². The molecule has 5 heteroatoms. The monoisotopic (exact) mass is 323 g/mol. The zero-order valence-corrected chi connectivity index (χ0v) is 14.6. The van der Waals surface area contributed by atoms with Gasteiger partial charge in [0.2, 0.25) is 5.91 Å². The van der Waals surface area contributed by atoms with E-state index in [4.69, 9.17) is 10.5 Å². The first-order valence-corrected chi connectivity index (χ1v) is 9.48. The summed E-state index contributed by atoms with van der Waals surface area (Å²) in [7, 11) is 0. The van der Waals surface area contributed by atoms with E-state index in [1.54, 1.807) is 0 Å². The summed E-state index contributed by atoms with van der Waals surface area (Å²) in [6.07, 6.45) is 7.70. The van der Waals surface area contributed by atoms with Crippen LogP contribution in [0.5, 0.6) is 0 Å². The van der Waals surface area contributed by atoms with Crippen molar-refractivity contribution in [1.82, 2.24) is 9.80 Å². The summed E-state index contributed by atoms with van der Waals surface area (Å²) in [6.45, 7) is 7.72. The number of hydrogen-bond donors (Lipinski definition) is 1. The van der Waals surface area contributed by atoms with Gasteiger partial charge in [0.05, 0.1) is 5.54 Å². The van der Waals surface area contributed by atoms with E-state index in [9.17, 15) is 4.79 Å². The minimum absolute atomic E-state index is 0.164. The number of hydrogen-bond acceptors (Lipinski definition) is 4. The third-order valence-corrected chi connectivity index (χ3v) is 6.05. The number of piperidine rings is 2. The Kier molecular flexibility index (Phi) is 5.60. The van der Waals surface area contributed by atoms with Crippen molar-refractivity contribution in [3.05, 3.63) is 0 Å². The molecule has 2 N–H and O–H groups in total. The second-order valence-corrected chi connectivity index (χ2v) is 7.87. The summed E-state index contributed by atoms with van der Waals surface area (Å²) in [5.41, 5.74) is 5.72. The van der Waals surface area contributed by atoms with E-state index in [1.165, 1.54) is 32.2 Å². The van der Waals surface area contributed by atoms with Crippen LogP contribution in [0.3, 0.4) is 0 Å². The molecule has 3 fully saturated rings. The highest BCUT2D eigenvalue weighted by molar-refractivity contribution is 5.86. The molecule has 132 valence electrons. The molecule has 0 aliphatic carbocycles. The average Bonchev–Trinajstić information content (AvgIpc) is 2.57. The molecule has 0 saturated carbocycles. The van der Waals surface area contributed by atoms with Gasteiger partial charge in [0.15, 0.2) is 0 Å². The number of nitrogens with two attached hydrogens (primary N) is 1. The third-order valence-electron chi connectivity index (χ3n) is 6.05. The lowest BCUT2D eigenvalue weighted by molar-refractivity contribution is -0.142. The van der Waals surface area contributed by atoms with Crippen molar-refractivity contribution in [1.29, 1.82) is 0 Å². The van der Waals surface area contributed by atoms with Crippen LogP contribution in [-0.4, -0.2) is 66.7 Å². The molecule has 5 nitrogen and oxygen atoms in total. The van der Waals surface area contributed by atoms with E-state index in [-0.39, 0.29) is 5.91 Å². The van der Waals surface area contributed by atoms with Crippen molar-refractivity contribution in [2.45, 2.75) is 63.5 Å². The fourth-order valence-corrected chi connectivity index (χ4v) is 4.42. The number of rotatable bonds is 3. The molecule has 3 rings (SSSR count). The van der Waals surface area contributed by atoms with E-state index >= 15 is 0 Å². The Morgan fingerprint density at radius 3 is 2.70 bits per heavy atom. The Hall–Kier alpha value is -0.650. The van der Waals surface area contributed by atoms with Gasteiger partial charge in [-0.3, -0.25) is 4.79 Å². The lowest BCUT2D eigenvalue weighted by Crippen LogP contribution is -2.60. The van der Waals surface area contributed by atoms with Gasteiger partial charge in [-0.2, -0.15) is 0 Å².